The number of likely N-dealkylation sites (N-methyl/N-ethyl adjacent to an activating group) is 1. The highest BCUT2D eigenvalue weighted by Crippen LogP contribution is 2.32. The summed E-state index contributed by atoms with van der Waals surface area (Å²) >= 11 is 0. The maximum Gasteiger partial charge on any atom is 0.0518 e. The van der Waals surface area contributed by atoms with E-state index >= 15 is 0 Å². The summed E-state index contributed by atoms with van der Waals surface area (Å²) in [5.74, 6) is 0. The number of nitrogens with two attached hydrogens (primary N) is 1. The maximum absolute atomic E-state index is 6.11. The third-order valence-electron chi connectivity index (χ3n) is 4.31. The number of ether oxygens (including phenoxy) is 1. The quantitative estimate of drug-likeness (QED) is 0.847. The molecule has 0 aliphatic carbocycles. The molecule has 0 saturated heterocycles. The van der Waals surface area contributed by atoms with E-state index in [0.717, 1.165) is 19.6 Å². The van der Waals surface area contributed by atoms with Gasteiger partial charge in [-0.2, -0.15) is 0 Å². The van der Waals surface area contributed by atoms with Crippen LogP contribution in [0.4, 0.5) is 5.69 Å². The second-order valence-electron chi connectivity index (χ2n) is 5.69. The van der Waals surface area contributed by atoms with Crippen LogP contribution in [0.25, 0.3) is 10.8 Å². The van der Waals surface area contributed by atoms with Crippen molar-refractivity contribution in [1.29, 1.82) is 0 Å². The lowest BCUT2D eigenvalue weighted by molar-refractivity contribution is 0.170. The fraction of sp³-hybridized carbons (Fsp3) is 0.444. The van der Waals surface area contributed by atoms with Crippen LogP contribution < -0.4 is 10.6 Å². The Balaban J connectivity index is 2.47. The Morgan fingerprint density at radius 2 is 1.86 bits per heavy atom. The molecule has 2 aromatic rings. The van der Waals surface area contributed by atoms with Gasteiger partial charge in [0.1, 0.15) is 0 Å². The van der Waals surface area contributed by atoms with E-state index in [4.69, 9.17) is 10.5 Å². The first kappa shape index (κ1) is 15.8. The van der Waals surface area contributed by atoms with Gasteiger partial charge in [0.2, 0.25) is 0 Å². The highest BCUT2D eigenvalue weighted by Gasteiger charge is 2.30. The van der Waals surface area contributed by atoms with Gasteiger partial charge in [-0.05, 0) is 31.7 Å². The second-order valence-corrected chi connectivity index (χ2v) is 5.69. The Bertz CT molecular complexity index is 579. The van der Waals surface area contributed by atoms with E-state index in [9.17, 15) is 0 Å². The van der Waals surface area contributed by atoms with Crippen molar-refractivity contribution >= 4 is 16.5 Å². The Hall–Kier alpha value is -1.58. The first-order valence-electron chi connectivity index (χ1n) is 7.60. The SMILES string of the molecule is CCN(c1cccc2ccccc12)C(C)(CN)CCOC. The predicted molar refractivity (Wildman–Crippen MR) is 90.9 cm³/mol. The maximum atomic E-state index is 6.11. The fourth-order valence-electron chi connectivity index (χ4n) is 2.96. The Kier molecular flexibility index (Phi) is 5.21. The summed E-state index contributed by atoms with van der Waals surface area (Å²) in [5.41, 5.74) is 7.26. The molecule has 0 fully saturated rings. The van der Waals surface area contributed by atoms with Gasteiger partial charge in [-0.3, -0.25) is 0 Å². The second kappa shape index (κ2) is 6.92. The highest BCUT2D eigenvalue weighted by molar-refractivity contribution is 5.94. The Morgan fingerprint density at radius 1 is 1.14 bits per heavy atom. The lowest BCUT2D eigenvalue weighted by Crippen LogP contribution is -2.52. The summed E-state index contributed by atoms with van der Waals surface area (Å²) in [6, 6.07) is 15.0. The first-order valence-corrected chi connectivity index (χ1v) is 7.60. The van der Waals surface area contributed by atoms with Crippen molar-refractivity contribution in [3.8, 4) is 0 Å². The standard InChI is InChI=1S/C18H26N2O/c1-4-20(18(2,14-19)12-13-21-3)17-11-7-9-15-8-5-6-10-16(15)17/h5-11H,4,12-14,19H2,1-3H3. The van der Waals surface area contributed by atoms with Crippen molar-refractivity contribution in [3.05, 3.63) is 42.5 Å². The van der Waals surface area contributed by atoms with E-state index in [2.05, 4.69) is 61.2 Å². The molecule has 0 heterocycles. The van der Waals surface area contributed by atoms with E-state index in [0.29, 0.717) is 6.54 Å². The number of hydrogen-bond donors (Lipinski definition) is 1. The largest absolute Gasteiger partial charge is 0.385 e. The molecule has 0 radical (unpaired) electrons. The minimum Gasteiger partial charge on any atom is -0.385 e. The number of nitrogens with zero attached hydrogens (tertiary/aromatic N) is 1. The van der Waals surface area contributed by atoms with Crippen LogP contribution in [0.3, 0.4) is 0 Å². The van der Waals surface area contributed by atoms with Gasteiger partial charge in [0, 0.05) is 37.9 Å². The lowest BCUT2D eigenvalue weighted by atomic mass is 9.93. The molecule has 0 bridgehead atoms. The van der Waals surface area contributed by atoms with Crippen molar-refractivity contribution in [2.75, 3.05) is 31.7 Å². The first-order chi connectivity index (χ1) is 10.2. The molecule has 0 aliphatic heterocycles. The number of rotatable bonds is 7. The summed E-state index contributed by atoms with van der Waals surface area (Å²) in [4.78, 5) is 2.41. The molecule has 114 valence electrons. The summed E-state index contributed by atoms with van der Waals surface area (Å²) in [5, 5.41) is 2.54. The number of hydrogen-bond acceptors (Lipinski definition) is 3. The van der Waals surface area contributed by atoms with Crippen molar-refractivity contribution < 1.29 is 4.74 Å². The summed E-state index contributed by atoms with van der Waals surface area (Å²) < 4.78 is 5.28. The third kappa shape index (κ3) is 3.20. The molecule has 1 unspecified atom stereocenters. The highest BCUT2D eigenvalue weighted by atomic mass is 16.5. The smallest absolute Gasteiger partial charge is 0.0518 e. The van der Waals surface area contributed by atoms with Crippen molar-refractivity contribution in [2.24, 2.45) is 5.73 Å². The molecule has 3 heteroatoms. The number of anilines is 1. The van der Waals surface area contributed by atoms with Gasteiger partial charge in [-0.1, -0.05) is 36.4 Å². The summed E-state index contributed by atoms with van der Waals surface area (Å²) in [6.45, 7) is 6.65. The van der Waals surface area contributed by atoms with Crippen LogP contribution in [0, 0.1) is 0 Å². The van der Waals surface area contributed by atoms with Crippen molar-refractivity contribution in [3.63, 3.8) is 0 Å². The van der Waals surface area contributed by atoms with Gasteiger partial charge >= 0.3 is 0 Å². The molecular formula is C18H26N2O. The topological polar surface area (TPSA) is 38.5 Å². The normalized spacial score (nSPS) is 14.1. The molecule has 0 spiro atoms. The van der Waals surface area contributed by atoms with E-state index in [-0.39, 0.29) is 5.54 Å². The zero-order chi connectivity index (χ0) is 15.3. The predicted octanol–water partition coefficient (Wildman–Crippen LogP) is 3.42. The minimum atomic E-state index is -0.102. The number of fused-ring (bicyclic) bond motifs is 1. The Labute approximate surface area is 127 Å². The molecule has 1 atom stereocenters. The van der Waals surface area contributed by atoms with Crippen molar-refractivity contribution in [2.45, 2.75) is 25.8 Å². The zero-order valence-corrected chi connectivity index (χ0v) is 13.3. The summed E-state index contributed by atoms with van der Waals surface area (Å²) in [6.07, 6.45) is 0.914. The molecule has 0 saturated carbocycles. The van der Waals surface area contributed by atoms with Gasteiger partial charge in [0.15, 0.2) is 0 Å². The molecule has 2 aromatic carbocycles. The molecule has 0 amide bonds. The van der Waals surface area contributed by atoms with Crippen LogP contribution in [0.5, 0.6) is 0 Å². The van der Waals surface area contributed by atoms with Gasteiger partial charge in [-0.15, -0.1) is 0 Å². The third-order valence-corrected chi connectivity index (χ3v) is 4.31. The summed E-state index contributed by atoms with van der Waals surface area (Å²) in [7, 11) is 1.74. The number of benzene rings is 2. The van der Waals surface area contributed by atoms with E-state index in [1.165, 1.54) is 16.5 Å². The van der Waals surface area contributed by atoms with E-state index in [1.54, 1.807) is 7.11 Å². The fourth-order valence-corrected chi connectivity index (χ4v) is 2.96. The van der Waals surface area contributed by atoms with E-state index < -0.39 is 0 Å². The molecule has 0 aromatic heterocycles. The average Bonchev–Trinajstić information content (AvgIpc) is 2.54. The average molecular weight is 286 g/mol. The molecular weight excluding hydrogens is 260 g/mol. The monoisotopic (exact) mass is 286 g/mol. The van der Waals surface area contributed by atoms with Crippen LogP contribution in [-0.4, -0.2) is 32.3 Å². The van der Waals surface area contributed by atoms with Crippen LogP contribution in [0.2, 0.25) is 0 Å². The molecule has 21 heavy (non-hydrogen) atoms. The van der Waals surface area contributed by atoms with Gasteiger partial charge in [-0.25, -0.2) is 0 Å². The Morgan fingerprint density at radius 3 is 2.52 bits per heavy atom. The molecule has 2 N–H and O–H groups in total. The molecule has 2 rings (SSSR count). The van der Waals surface area contributed by atoms with Crippen LogP contribution >= 0.6 is 0 Å². The molecule has 3 nitrogen and oxygen atoms in total. The van der Waals surface area contributed by atoms with E-state index in [1.807, 2.05) is 0 Å². The van der Waals surface area contributed by atoms with Crippen molar-refractivity contribution in [1.82, 2.24) is 0 Å². The van der Waals surface area contributed by atoms with Gasteiger partial charge in [0.05, 0.1) is 5.54 Å². The van der Waals surface area contributed by atoms with Crippen LogP contribution in [0.1, 0.15) is 20.3 Å². The van der Waals surface area contributed by atoms with Crippen LogP contribution in [-0.2, 0) is 4.74 Å². The van der Waals surface area contributed by atoms with Gasteiger partial charge < -0.3 is 15.4 Å². The van der Waals surface area contributed by atoms with Crippen LogP contribution in [0.15, 0.2) is 42.5 Å². The minimum absolute atomic E-state index is 0.102. The zero-order valence-electron chi connectivity index (χ0n) is 13.3. The lowest BCUT2D eigenvalue weighted by Gasteiger charge is -2.42. The van der Waals surface area contributed by atoms with Gasteiger partial charge in [0.25, 0.3) is 0 Å². The molecule has 0 aliphatic rings. The number of methoxy groups -OCH3 is 1.